The summed E-state index contributed by atoms with van der Waals surface area (Å²) in [6, 6.07) is 4.37. The minimum atomic E-state index is -1.26. The third-order valence-electron chi connectivity index (χ3n) is 5.02. The standard InChI is InChI=1S/C18H24N2O3S/c1-2-14-5-6-15(24-14)13-19-9-11-20(12-10-19)16(21)18(17(22)23)7-3-4-8-18/h3-6H,2,7-13H2,1H3,(H,22,23). The molecule has 3 rings (SSSR count). The Morgan fingerprint density at radius 2 is 1.75 bits per heavy atom. The number of carbonyl (C=O) groups is 2. The van der Waals surface area contributed by atoms with Gasteiger partial charge in [-0.25, -0.2) is 0 Å². The molecule has 6 heteroatoms. The third kappa shape index (κ3) is 3.26. The van der Waals surface area contributed by atoms with E-state index in [0.29, 0.717) is 25.9 Å². The quantitative estimate of drug-likeness (QED) is 0.656. The van der Waals surface area contributed by atoms with Crippen LogP contribution in [0.2, 0.25) is 0 Å². The van der Waals surface area contributed by atoms with Gasteiger partial charge in [0.1, 0.15) is 0 Å². The van der Waals surface area contributed by atoms with E-state index in [1.54, 1.807) is 4.90 Å². The second kappa shape index (κ2) is 7.07. The average molecular weight is 348 g/mol. The molecular weight excluding hydrogens is 324 g/mol. The molecule has 1 saturated heterocycles. The van der Waals surface area contributed by atoms with Gasteiger partial charge in [-0.1, -0.05) is 19.1 Å². The molecule has 24 heavy (non-hydrogen) atoms. The third-order valence-corrected chi connectivity index (χ3v) is 6.24. The summed E-state index contributed by atoms with van der Waals surface area (Å²) in [5, 5.41) is 9.54. The number of piperazine rings is 1. The molecule has 0 unspecified atom stereocenters. The SMILES string of the molecule is CCc1ccc(CN2CCN(C(=O)C3(C(=O)O)CC=CC3)CC2)s1. The van der Waals surface area contributed by atoms with Crippen LogP contribution < -0.4 is 0 Å². The fraction of sp³-hybridized carbons (Fsp3) is 0.556. The van der Waals surface area contributed by atoms with E-state index in [1.165, 1.54) is 9.75 Å². The zero-order valence-corrected chi connectivity index (χ0v) is 14.8. The highest BCUT2D eigenvalue weighted by atomic mass is 32.1. The number of amides is 1. The van der Waals surface area contributed by atoms with Crippen LogP contribution in [-0.4, -0.2) is 53.0 Å². The molecule has 0 saturated carbocycles. The number of carboxylic acid groups (broad SMARTS) is 1. The molecule has 5 nitrogen and oxygen atoms in total. The maximum Gasteiger partial charge on any atom is 0.319 e. The summed E-state index contributed by atoms with van der Waals surface area (Å²) in [7, 11) is 0. The van der Waals surface area contributed by atoms with Gasteiger partial charge in [0.15, 0.2) is 5.41 Å². The van der Waals surface area contributed by atoms with Crippen LogP contribution in [0.4, 0.5) is 0 Å². The molecule has 1 aliphatic heterocycles. The number of allylic oxidation sites excluding steroid dienone is 2. The number of hydrogen-bond donors (Lipinski definition) is 1. The Balaban J connectivity index is 1.56. The Hall–Kier alpha value is -1.66. The van der Waals surface area contributed by atoms with E-state index in [-0.39, 0.29) is 5.91 Å². The second-order valence-electron chi connectivity index (χ2n) is 6.56. The van der Waals surface area contributed by atoms with E-state index >= 15 is 0 Å². The molecule has 1 aliphatic carbocycles. The van der Waals surface area contributed by atoms with Crippen LogP contribution in [0.15, 0.2) is 24.3 Å². The lowest BCUT2D eigenvalue weighted by Gasteiger charge is -2.38. The zero-order chi connectivity index (χ0) is 17.2. The summed E-state index contributed by atoms with van der Waals surface area (Å²) in [6.45, 7) is 5.90. The van der Waals surface area contributed by atoms with Gasteiger partial charge in [-0.05, 0) is 31.4 Å². The normalized spacial score (nSPS) is 20.5. The number of carboxylic acids is 1. The fourth-order valence-corrected chi connectivity index (χ4v) is 4.42. The van der Waals surface area contributed by atoms with Crippen molar-refractivity contribution in [3.63, 3.8) is 0 Å². The molecule has 2 heterocycles. The van der Waals surface area contributed by atoms with Crippen molar-refractivity contribution in [2.24, 2.45) is 5.41 Å². The van der Waals surface area contributed by atoms with Crippen molar-refractivity contribution in [3.8, 4) is 0 Å². The molecule has 1 aromatic heterocycles. The largest absolute Gasteiger partial charge is 0.480 e. The van der Waals surface area contributed by atoms with Crippen molar-refractivity contribution < 1.29 is 14.7 Å². The van der Waals surface area contributed by atoms with Gasteiger partial charge < -0.3 is 10.0 Å². The number of nitrogens with zero attached hydrogens (tertiary/aromatic N) is 2. The molecule has 1 amide bonds. The highest BCUT2D eigenvalue weighted by Crippen LogP contribution is 2.36. The fourth-order valence-electron chi connectivity index (χ4n) is 3.42. The molecule has 0 spiro atoms. The van der Waals surface area contributed by atoms with Gasteiger partial charge in [-0.15, -0.1) is 11.3 Å². The van der Waals surface area contributed by atoms with E-state index in [2.05, 4.69) is 24.0 Å². The van der Waals surface area contributed by atoms with Crippen molar-refractivity contribution in [1.29, 1.82) is 0 Å². The van der Waals surface area contributed by atoms with Gasteiger partial charge in [0, 0.05) is 42.5 Å². The zero-order valence-electron chi connectivity index (χ0n) is 14.0. The summed E-state index contributed by atoms with van der Waals surface area (Å²) in [6.07, 6.45) is 5.32. The maximum absolute atomic E-state index is 12.8. The molecule has 0 aromatic carbocycles. The molecule has 130 valence electrons. The van der Waals surface area contributed by atoms with Gasteiger partial charge in [0.2, 0.25) is 5.91 Å². The molecule has 0 atom stereocenters. The first-order valence-electron chi connectivity index (χ1n) is 8.53. The predicted molar refractivity (Wildman–Crippen MR) is 94.0 cm³/mol. The van der Waals surface area contributed by atoms with Gasteiger partial charge in [-0.3, -0.25) is 14.5 Å². The van der Waals surface area contributed by atoms with Crippen LogP contribution in [0.5, 0.6) is 0 Å². The number of aryl methyl sites for hydroxylation is 1. The molecule has 1 fully saturated rings. The van der Waals surface area contributed by atoms with Crippen molar-refractivity contribution in [2.75, 3.05) is 26.2 Å². The number of rotatable bonds is 5. The van der Waals surface area contributed by atoms with Crippen molar-refractivity contribution in [1.82, 2.24) is 9.80 Å². The minimum Gasteiger partial charge on any atom is -0.480 e. The van der Waals surface area contributed by atoms with Crippen molar-refractivity contribution in [2.45, 2.75) is 32.7 Å². The van der Waals surface area contributed by atoms with E-state index in [1.807, 2.05) is 23.5 Å². The van der Waals surface area contributed by atoms with E-state index < -0.39 is 11.4 Å². The van der Waals surface area contributed by atoms with Gasteiger partial charge in [0.05, 0.1) is 0 Å². The Labute approximate surface area is 146 Å². The molecular formula is C18H24N2O3S. The van der Waals surface area contributed by atoms with Crippen LogP contribution in [0.3, 0.4) is 0 Å². The number of aliphatic carboxylic acids is 1. The van der Waals surface area contributed by atoms with Gasteiger partial charge in [-0.2, -0.15) is 0 Å². The second-order valence-corrected chi connectivity index (χ2v) is 7.81. The van der Waals surface area contributed by atoms with Crippen LogP contribution in [0, 0.1) is 5.41 Å². The summed E-state index contributed by atoms with van der Waals surface area (Å²) in [5.41, 5.74) is -1.26. The van der Waals surface area contributed by atoms with Crippen LogP contribution >= 0.6 is 11.3 Å². The molecule has 1 aromatic rings. The Morgan fingerprint density at radius 1 is 1.12 bits per heavy atom. The van der Waals surface area contributed by atoms with Crippen LogP contribution in [0.1, 0.15) is 29.5 Å². The number of hydrogen-bond acceptors (Lipinski definition) is 4. The Kier molecular flexibility index (Phi) is 5.06. The predicted octanol–water partition coefficient (Wildman–Crippen LogP) is 2.38. The lowest BCUT2D eigenvalue weighted by molar-refractivity contribution is -0.161. The lowest BCUT2D eigenvalue weighted by Crippen LogP contribution is -2.54. The highest BCUT2D eigenvalue weighted by Gasteiger charge is 2.48. The number of carbonyl (C=O) groups excluding carboxylic acids is 1. The summed E-state index contributed by atoms with van der Waals surface area (Å²) in [5.74, 6) is -1.21. The summed E-state index contributed by atoms with van der Waals surface area (Å²) in [4.78, 5) is 31.2. The maximum atomic E-state index is 12.8. The topological polar surface area (TPSA) is 60.9 Å². The van der Waals surface area contributed by atoms with Gasteiger partial charge in [0.25, 0.3) is 0 Å². The smallest absolute Gasteiger partial charge is 0.319 e. The van der Waals surface area contributed by atoms with Crippen LogP contribution in [-0.2, 0) is 22.6 Å². The van der Waals surface area contributed by atoms with E-state index in [9.17, 15) is 14.7 Å². The van der Waals surface area contributed by atoms with Crippen LogP contribution in [0.25, 0.3) is 0 Å². The van der Waals surface area contributed by atoms with Crippen molar-refractivity contribution in [3.05, 3.63) is 34.0 Å². The first-order chi connectivity index (χ1) is 11.5. The molecule has 2 aliphatic rings. The average Bonchev–Trinajstić information content (AvgIpc) is 3.25. The number of thiophene rings is 1. The molecule has 0 radical (unpaired) electrons. The van der Waals surface area contributed by atoms with Crippen molar-refractivity contribution >= 4 is 23.2 Å². The lowest BCUT2D eigenvalue weighted by atomic mass is 9.83. The van der Waals surface area contributed by atoms with E-state index in [4.69, 9.17) is 0 Å². The minimum absolute atomic E-state index is 0.218. The van der Waals surface area contributed by atoms with Gasteiger partial charge >= 0.3 is 5.97 Å². The van der Waals surface area contributed by atoms with E-state index in [0.717, 1.165) is 26.1 Å². The highest BCUT2D eigenvalue weighted by molar-refractivity contribution is 7.11. The summed E-state index contributed by atoms with van der Waals surface area (Å²) >= 11 is 1.85. The Morgan fingerprint density at radius 3 is 2.29 bits per heavy atom. The summed E-state index contributed by atoms with van der Waals surface area (Å²) < 4.78 is 0. The molecule has 1 N–H and O–H groups in total. The Bertz CT molecular complexity index is 636. The monoisotopic (exact) mass is 348 g/mol. The first kappa shape index (κ1) is 17.2. The molecule has 0 bridgehead atoms. The first-order valence-corrected chi connectivity index (χ1v) is 9.34.